The maximum absolute atomic E-state index is 12.7. The number of aromatic carboxylic acids is 1. The predicted molar refractivity (Wildman–Crippen MR) is 103 cm³/mol. The van der Waals surface area contributed by atoms with Gasteiger partial charge in [0.2, 0.25) is 0 Å². The second-order valence-electron chi connectivity index (χ2n) is 6.90. The van der Waals surface area contributed by atoms with Gasteiger partial charge in [0.25, 0.3) is 5.56 Å². The molecule has 2 N–H and O–H groups in total. The highest BCUT2D eigenvalue weighted by Gasteiger charge is 2.32. The lowest BCUT2D eigenvalue weighted by molar-refractivity contribution is 0.0697. The van der Waals surface area contributed by atoms with Crippen LogP contribution in [0.3, 0.4) is 0 Å². The molecule has 4 rings (SSSR count). The SMILES string of the molecule is CC1=Nc2c(c(=O)[nH]n2C2CCCCC2)[C@@H](c2ccc(C(=O)O)cc2)S1. The third kappa shape index (κ3) is 3.00. The first-order valence-electron chi connectivity index (χ1n) is 8.94. The van der Waals surface area contributed by atoms with Crippen LogP contribution in [-0.2, 0) is 0 Å². The van der Waals surface area contributed by atoms with Gasteiger partial charge in [0.15, 0.2) is 5.82 Å². The molecule has 2 heterocycles. The van der Waals surface area contributed by atoms with Crippen molar-refractivity contribution in [2.75, 3.05) is 0 Å². The molecule has 0 saturated heterocycles. The van der Waals surface area contributed by atoms with E-state index in [1.165, 1.54) is 31.0 Å². The van der Waals surface area contributed by atoms with Gasteiger partial charge in [0.05, 0.1) is 27.5 Å². The van der Waals surface area contributed by atoms with Gasteiger partial charge in [-0.1, -0.05) is 43.2 Å². The van der Waals surface area contributed by atoms with E-state index >= 15 is 0 Å². The molecule has 6 nitrogen and oxygen atoms in total. The molecule has 0 radical (unpaired) electrons. The van der Waals surface area contributed by atoms with Crippen LogP contribution in [0.1, 0.15) is 71.8 Å². The fourth-order valence-corrected chi connectivity index (χ4v) is 4.95. The van der Waals surface area contributed by atoms with Crippen molar-refractivity contribution in [3.05, 3.63) is 51.3 Å². The first-order valence-corrected chi connectivity index (χ1v) is 9.82. The van der Waals surface area contributed by atoms with Crippen molar-refractivity contribution in [1.29, 1.82) is 0 Å². The minimum absolute atomic E-state index is 0.0957. The number of nitrogens with one attached hydrogen (secondary N) is 1. The fourth-order valence-electron chi connectivity index (χ4n) is 3.85. The zero-order valence-electron chi connectivity index (χ0n) is 14.6. The van der Waals surface area contributed by atoms with Crippen LogP contribution in [0.5, 0.6) is 0 Å². The molecule has 0 bridgehead atoms. The largest absolute Gasteiger partial charge is 0.478 e. The average Bonchev–Trinajstić information content (AvgIpc) is 2.98. The topological polar surface area (TPSA) is 87.5 Å². The van der Waals surface area contributed by atoms with Crippen molar-refractivity contribution in [3.63, 3.8) is 0 Å². The van der Waals surface area contributed by atoms with Crippen molar-refractivity contribution in [1.82, 2.24) is 9.78 Å². The summed E-state index contributed by atoms with van der Waals surface area (Å²) in [6.07, 6.45) is 5.74. The second-order valence-corrected chi connectivity index (χ2v) is 8.19. The Morgan fingerprint density at radius 3 is 2.58 bits per heavy atom. The normalized spacial score (nSPS) is 20.5. The van der Waals surface area contributed by atoms with Gasteiger partial charge in [-0.2, -0.15) is 0 Å². The minimum atomic E-state index is -0.951. The van der Waals surface area contributed by atoms with Crippen molar-refractivity contribution in [2.24, 2.45) is 4.99 Å². The molecule has 136 valence electrons. The summed E-state index contributed by atoms with van der Waals surface area (Å²) in [6.45, 7) is 1.95. The molecule has 1 fully saturated rings. The molecule has 1 aliphatic heterocycles. The summed E-state index contributed by atoms with van der Waals surface area (Å²) in [6, 6.07) is 7.06. The number of thioether (sulfide) groups is 1. The van der Waals surface area contributed by atoms with Crippen LogP contribution >= 0.6 is 11.8 Å². The van der Waals surface area contributed by atoms with Crippen LogP contribution in [-0.4, -0.2) is 25.9 Å². The van der Waals surface area contributed by atoms with Crippen LogP contribution < -0.4 is 5.56 Å². The van der Waals surface area contributed by atoms with E-state index in [0.29, 0.717) is 11.6 Å². The van der Waals surface area contributed by atoms with Gasteiger partial charge < -0.3 is 5.11 Å². The summed E-state index contributed by atoms with van der Waals surface area (Å²) in [4.78, 5) is 28.5. The van der Waals surface area contributed by atoms with Gasteiger partial charge >= 0.3 is 5.97 Å². The summed E-state index contributed by atoms with van der Waals surface area (Å²) in [5.74, 6) is -0.210. The molecule has 1 aromatic carbocycles. The molecule has 1 aromatic heterocycles. The van der Waals surface area contributed by atoms with Crippen LogP contribution in [0.2, 0.25) is 0 Å². The summed E-state index contributed by atoms with van der Waals surface area (Å²) >= 11 is 1.54. The smallest absolute Gasteiger partial charge is 0.335 e. The Balaban J connectivity index is 1.77. The highest BCUT2D eigenvalue weighted by atomic mass is 32.2. The second kappa shape index (κ2) is 6.79. The first-order chi connectivity index (χ1) is 12.5. The van der Waals surface area contributed by atoms with Gasteiger partial charge in [-0.05, 0) is 37.5 Å². The lowest BCUT2D eigenvalue weighted by atomic mass is 9.95. The van der Waals surface area contributed by atoms with E-state index in [4.69, 9.17) is 5.11 Å². The Morgan fingerprint density at radius 1 is 1.23 bits per heavy atom. The van der Waals surface area contributed by atoms with Crippen LogP contribution in [0.4, 0.5) is 5.82 Å². The Bertz CT molecular complexity index is 920. The van der Waals surface area contributed by atoms with Crippen LogP contribution in [0.15, 0.2) is 34.1 Å². The fraction of sp³-hybridized carbons (Fsp3) is 0.421. The predicted octanol–water partition coefficient (Wildman–Crippen LogP) is 4.27. The number of carboxylic acids is 1. The van der Waals surface area contributed by atoms with E-state index < -0.39 is 5.97 Å². The van der Waals surface area contributed by atoms with Crippen LogP contribution in [0.25, 0.3) is 0 Å². The summed E-state index contributed by atoms with van der Waals surface area (Å²) in [5, 5.41) is 12.9. The Kier molecular flexibility index (Phi) is 4.48. The molecule has 1 saturated carbocycles. The maximum Gasteiger partial charge on any atom is 0.335 e. The highest BCUT2D eigenvalue weighted by Crippen LogP contribution is 2.45. The number of fused-ring (bicyclic) bond motifs is 1. The Labute approximate surface area is 155 Å². The number of nitrogens with zero attached hydrogens (tertiary/aromatic N) is 2. The molecular weight excluding hydrogens is 350 g/mol. The van der Waals surface area contributed by atoms with Crippen molar-refractivity contribution in [2.45, 2.75) is 50.3 Å². The van der Waals surface area contributed by atoms with Crippen molar-refractivity contribution >= 4 is 28.6 Å². The number of aromatic nitrogens is 2. The zero-order chi connectivity index (χ0) is 18.3. The molecule has 0 unspecified atom stereocenters. The van der Waals surface area contributed by atoms with Gasteiger partial charge in [0, 0.05) is 0 Å². The number of hydrogen-bond acceptors (Lipinski definition) is 4. The lowest BCUT2D eigenvalue weighted by Gasteiger charge is -2.26. The molecular formula is C19H21N3O3S. The number of rotatable bonds is 3. The van der Waals surface area contributed by atoms with Crippen molar-refractivity contribution < 1.29 is 9.90 Å². The summed E-state index contributed by atoms with van der Waals surface area (Å²) < 4.78 is 1.97. The van der Waals surface area contributed by atoms with Crippen molar-refractivity contribution in [3.8, 4) is 0 Å². The number of benzene rings is 1. The Hall–Kier alpha value is -2.28. The van der Waals surface area contributed by atoms with E-state index in [-0.39, 0.29) is 16.4 Å². The summed E-state index contributed by atoms with van der Waals surface area (Å²) in [7, 11) is 0. The number of aliphatic imine (C=N–C) groups is 1. The zero-order valence-corrected chi connectivity index (χ0v) is 15.4. The molecule has 7 heteroatoms. The number of carbonyl (C=O) groups is 1. The Morgan fingerprint density at radius 2 is 1.92 bits per heavy atom. The van der Waals surface area contributed by atoms with E-state index in [1.54, 1.807) is 24.3 Å². The van der Waals surface area contributed by atoms with Gasteiger partial charge in [-0.15, -0.1) is 0 Å². The van der Waals surface area contributed by atoms with Gasteiger partial charge in [-0.3, -0.25) is 14.6 Å². The average molecular weight is 371 g/mol. The van der Waals surface area contributed by atoms with Gasteiger partial charge in [0.1, 0.15) is 0 Å². The molecule has 0 amide bonds. The molecule has 1 aliphatic carbocycles. The molecule has 2 aromatic rings. The van der Waals surface area contributed by atoms with Gasteiger partial charge in [-0.25, -0.2) is 9.79 Å². The third-order valence-electron chi connectivity index (χ3n) is 5.15. The molecule has 0 spiro atoms. The molecule has 26 heavy (non-hydrogen) atoms. The number of aromatic amines is 1. The molecule has 2 aliphatic rings. The van der Waals surface area contributed by atoms with E-state index in [2.05, 4.69) is 10.1 Å². The van der Waals surface area contributed by atoms with E-state index in [0.717, 1.165) is 29.3 Å². The van der Waals surface area contributed by atoms with Crippen LogP contribution in [0, 0.1) is 0 Å². The summed E-state index contributed by atoms with van der Waals surface area (Å²) in [5.41, 5.74) is 1.74. The first kappa shape index (κ1) is 17.1. The highest BCUT2D eigenvalue weighted by molar-refractivity contribution is 8.14. The maximum atomic E-state index is 12.7. The monoisotopic (exact) mass is 371 g/mol. The molecule has 1 atom stereocenters. The third-order valence-corrected chi connectivity index (χ3v) is 6.33. The lowest BCUT2D eigenvalue weighted by Crippen LogP contribution is -2.16. The number of carboxylic acid groups (broad SMARTS) is 1. The van der Waals surface area contributed by atoms with E-state index in [9.17, 15) is 9.59 Å². The number of hydrogen-bond donors (Lipinski definition) is 2. The standard InChI is InChI=1S/C19H21N3O3S/c1-11-20-17-15(18(23)21-22(17)14-5-3-2-4-6-14)16(26-11)12-7-9-13(10-8-12)19(24)25/h7-10,14,16H,2-6H2,1H3,(H,21,23)(H,24,25)/t16-/m1/s1. The minimum Gasteiger partial charge on any atom is -0.478 e. The van der Waals surface area contributed by atoms with E-state index in [1.807, 2.05) is 11.6 Å². The number of H-pyrrole nitrogens is 1. The quantitative estimate of drug-likeness (QED) is 0.843.